The van der Waals surface area contributed by atoms with Gasteiger partial charge in [0.15, 0.2) is 9.84 Å². The average Bonchev–Trinajstić information content (AvgIpc) is 2.98. The minimum absolute atomic E-state index is 0.113. The van der Waals surface area contributed by atoms with Gasteiger partial charge in [0.2, 0.25) is 0 Å². The normalized spacial score (nSPS) is 22.1. The van der Waals surface area contributed by atoms with Gasteiger partial charge in [0, 0.05) is 17.0 Å². The first-order valence-corrected chi connectivity index (χ1v) is 8.72. The fraction of sp³-hybridized carbons (Fsp3) is 0.286. The van der Waals surface area contributed by atoms with E-state index in [0.717, 1.165) is 5.56 Å². The largest absolute Gasteiger partial charge is 0.302 e. The van der Waals surface area contributed by atoms with Gasteiger partial charge in [-0.2, -0.15) is 0 Å². The maximum atomic E-state index is 12.1. The minimum atomic E-state index is -3.13. The van der Waals surface area contributed by atoms with E-state index in [1.54, 1.807) is 23.5 Å². The first-order valence-electron chi connectivity index (χ1n) is 6.19. The molecule has 3 nitrogen and oxygen atoms in total. The molecule has 0 radical (unpaired) electrons. The molecule has 2 aromatic rings. The zero-order chi connectivity index (χ0) is 13.5. The maximum absolute atomic E-state index is 12.1. The fourth-order valence-corrected chi connectivity index (χ4v) is 5.00. The van der Waals surface area contributed by atoms with E-state index in [-0.39, 0.29) is 17.8 Å². The average molecular weight is 293 g/mol. The van der Waals surface area contributed by atoms with Crippen molar-refractivity contribution in [3.63, 3.8) is 0 Å². The Bertz CT molecular complexity index is 677. The summed E-state index contributed by atoms with van der Waals surface area (Å²) in [7, 11) is -3.13. The lowest BCUT2D eigenvalue weighted by Crippen LogP contribution is -2.25. The number of sulfone groups is 1. The molecule has 2 atom stereocenters. The van der Waals surface area contributed by atoms with Crippen molar-refractivity contribution in [1.82, 2.24) is 5.32 Å². The Morgan fingerprint density at radius 2 is 2.05 bits per heavy atom. The Balaban J connectivity index is 1.88. The van der Waals surface area contributed by atoms with Gasteiger partial charge < -0.3 is 5.32 Å². The van der Waals surface area contributed by atoms with E-state index in [1.165, 1.54) is 4.88 Å². The van der Waals surface area contributed by atoms with Crippen LogP contribution < -0.4 is 5.32 Å². The van der Waals surface area contributed by atoms with E-state index in [1.807, 2.05) is 23.6 Å². The number of thiophene rings is 1. The Morgan fingerprint density at radius 1 is 1.26 bits per heavy atom. The number of fused-ring (bicyclic) bond motifs is 1. The number of rotatable bonds is 3. The molecule has 1 aliphatic heterocycles. The van der Waals surface area contributed by atoms with E-state index in [0.29, 0.717) is 4.90 Å². The van der Waals surface area contributed by atoms with Crippen LogP contribution in [0.2, 0.25) is 0 Å². The number of hydrogen-bond acceptors (Lipinski definition) is 4. The monoisotopic (exact) mass is 293 g/mol. The first kappa shape index (κ1) is 12.8. The molecule has 0 amide bonds. The summed E-state index contributed by atoms with van der Waals surface area (Å²) >= 11 is 1.68. The number of nitrogens with one attached hydrogen (secondary N) is 1. The van der Waals surface area contributed by atoms with Gasteiger partial charge in [0.25, 0.3) is 0 Å². The van der Waals surface area contributed by atoms with Crippen molar-refractivity contribution in [1.29, 1.82) is 0 Å². The number of hydrogen-bond donors (Lipinski definition) is 1. The molecule has 100 valence electrons. The van der Waals surface area contributed by atoms with Gasteiger partial charge in [0.05, 0.1) is 10.6 Å². The van der Waals surface area contributed by atoms with Crippen molar-refractivity contribution in [2.45, 2.75) is 23.9 Å². The van der Waals surface area contributed by atoms with Gasteiger partial charge in [-0.1, -0.05) is 24.3 Å². The molecule has 3 rings (SSSR count). The van der Waals surface area contributed by atoms with Crippen LogP contribution in [0.5, 0.6) is 0 Å². The predicted molar refractivity (Wildman–Crippen MR) is 77.1 cm³/mol. The van der Waals surface area contributed by atoms with Gasteiger partial charge in [-0.3, -0.25) is 0 Å². The first-order chi connectivity index (χ1) is 9.08. The van der Waals surface area contributed by atoms with E-state index in [2.05, 4.69) is 18.3 Å². The molecular formula is C14H15NO2S2. The zero-order valence-electron chi connectivity index (χ0n) is 10.5. The van der Waals surface area contributed by atoms with Crippen LogP contribution in [0.4, 0.5) is 0 Å². The van der Waals surface area contributed by atoms with Crippen LogP contribution in [-0.4, -0.2) is 14.2 Å². The summed E-state index contributed by atoms with van der Waals surface area (Å²) in [4.78, 5) is 1.70. The molecule has 1 aliphatic rings. The minimum Gasteiger partial charge on any atom is -0.302 e. The molecule has 0 saturated heterocycles. The number of benzene rings is 1. The maximum Gasteiger partial charge on any atom is 0.180 e. The molecule has 0 bridgehead atoms. The van der Waals surface area contributed by atoms with Crippen LogP contribution in [0.25, 0.3) is 0 Å². The summed E-state index contributed by atoms with van der Waals surface area (Å²) in [6.45, 7) is 2.07. The quantitative estimate of drug-likeness (QED) is 0.946. The summed E-state index contributed by atoms with van der Waals surface area (Å²) in [6.07, 6.45) is 0. The van der Waals surface area contributed by atoms with Crippen LogP contribution >= 0.6 is 11.3 Å². The van der Waals surface area contributed by atoms with E-state index >= 15 is 0 Å². The highest BCUT2D eigenvalue weighted by atomic mass is 32.2. The molecular weight excluding hydrogens is 278 g/mol. The Hall–Kier alpha value is -1.17. The third-order valence-corrected chi connectivity index (χ3v) is 6.31. The van der Waals surface area contributed by atoms with Crippen molar-refractivity contribution in [3.05, 3.63) is 52.2 Å². The van der Waals surface area contributed by atoms with Crippen molar-refractivity contribution in [2.24, 2.45) is 0 Å². The third kappa shape index (κ3) is 2.33. The molecule has 1 aromatic carbocycles. The van der Waals surface area contributed by atoms with Crippen LogP contribution in [0.1, 0.15) is 29.4 Å². The summed E-state index contributed by atoms with van der Waals surface area (Å²) in [6, 6.07) is 11.4. The SMILES string of the molecule is CC(NC1CS(=O)(=O)c2ccccc21)c1cccs1. The van der Waals surface area contributed by atoms with Crippen LogP contribution in [0.3, 0.4) is 0 Å². The van der Waals surface area contributed by atoms with Gasteiger partial charge in [-0.15, -0.1) is 11.3 Å². The van der Waals surface area contributed by atoms with Crippen molar-refractivity contribution >= 4 is 21.2 Å². The lowest BCUT2D eigenvalue weighted by molar-refractivity contribution is 0.502. The standard InChI is InChI=1S/C14H15NO2S2/c1-10(13-6-4-8-18-13)15-12-9-19(16,17)14-7-3-2-5-11(12)14/h2-8,10,12,15H,9H2,1H3. The van der Waals surface area contributed by atoms with Gasteiger partial charge >= 0.3 is 0 Å². The second kappa shape index (κ2) is 4.74. The summed E-state index contributed by atoms with van der Waals surface area (Å²) in [5.41, 5.74) is 0.894. The molecule has 0 saturated carbocycles. The van der Waals surface area contributed by atoms with Crippen molar-refractivity contribution in [2.75, 3.05) is 5.75 Å². The third-order valence-electron chi connectivity index (χ3n) is 3.44. The summed E-state index contributed by atoms with van der Waals surface area (Å²) in [5.74, 6) is 0.155. The molecule has 2 unspecified atom stereocenters. The van der Waals surface area contributed by atoms with Crippen molar-refractivity contribution in [3.8, 4) is 0 Å². The molecule has 0 fully saturated rings. The topological polar surface area (TPSA) is 46.2 Å². The lowest BCUT2D eigenvalue weighted by atomic mass is 10.1. The Morgan fingerprint density at radius 3 is 2.79 bits per heavy atom. The highest BCUT2D eigenvalue weighted by molar-refractivity contribution is 7.91. The smallest absolute Gasteiger partial charge is 0.180 e. The second-order valence-corrected chi connectivity index (χ2v) is 7.76. The Labute approximate surface area is 117 Å². The molecule has 19 heavy (non-hydrogen) atoms. The predicted octanol–water partition coefficient (Wildman–Crippen LogP) is 2.93. The van der Waals surface area contributed by atoms with Crippen LogP contribution in [0.15, 0.2) is 46.7 Å². The lowest BCUT2D eigenvalue weighted by Gasteiger charge is -2.18. The van der Waals surface area contributed by atoms with Gasteiger partial charge in [-0.05, 0) is 30.0 Å². The molecule has 5 heteroatoms. The second-order valence-electron chi connectivity index (χ2n) is 4.78. The molecule has 1 N–H and O–H groups in total. The van der Waals surface area contributed by atoms with Crippen LogP contribution in [-0.2, 0) is 9.84 Å². The van der Waals surface area contributed by atoms with Crippen LogP contribution in [0, 0.1) is 0 Å². The summed E-state index contributed by atoms with van der Waals surface area (Å²) in [5, 5.41) is 5.46. The highest BCUT2D eigenvalue weighted by Crippen LogP contribution is 2.34. The molecule has 0 aliphatic carbocycles. The van der Waals surface area contributed by atoms with Crippen molar-refractivity contribution < 1.29 is 8.42 Å². The fourth-order valence-electron chi connectivity index (χ4n) is 2.51. The molecule has 1 aromatic heterocycles. The van der Waals surface area contributed by atoms with E-state index < -0.39 is 9.84 Å². The highest BCUT2D eigenvalue weighted by Gasteiger charge is 2.34. The molecule has 0 spiro atoms. The van der Waals surface area contributed by atoms with E-state index in [9.17, 15) is 8.42 Å². The van der Waals surface area contributed by atoms with Gasteiger partial charge in [0.1, 0.15) is 0 Å². The zero-order valence-corrected chi connectivity index (χ0v) is 12.2. The summed E-state index contributed by atoms with van der Waals surface area (Å²) < 4.78 is 24.2. The Kier molecular flexibility index (Phi) is 3.20. The van der Waals surface area contributed by atoms with Gasteiger partial charge in [-0.25, -0.2) is 8.42 Å². The molecule has 2 heterocycles. The van der Waals surface area contributed by atoms with E-state index in [4.69, 9.17) is 0 Å².